The number of hydrogen-bond donors (Lipinski definition) is 0. The normalized spacial score (nSPS) is 17.8. The van der Waals surface area contributed by atoms with E-state index in [1.807, 2.05) is 12.1 Å². The second-order valence-corrected chi connectivity index (χ2v) is 18.3. The van der Waals surface area contributed by atoms with E-state index in [9.17, 15) is 4.57 Å². The summed E-state index contributed by atoms with van der Waals surface area (Å²) >= 11 is 0. The number of rotatable bonds is 10. The molecule has 0 amide bonds. The summed E-state index contributed by atoms with van der Waals surface area (Å²) in [5.74, 6) is 0.608. The highest BCUT2D eigenvalue weighted by molar-refractivity contribution is 7.48. The van der Waals surface area contributed by atoms with Crippen LogP contribution < -0.4 is 4.74 Å². The quantitative estimate of drug-likeness (QED) is 0.143. The van der Waals surface area contributed by atoms with Crippen molar-refractivity contribution in [3.63, 3.8) is 0 Å². The van der Waals surface area contributed by atoms with Crippen molar-refractivity contribution >= 4 is 16.1 Å². The van der Waals surface area contributed by atoms with Gasteiger partial charge in [0.1, 0.15) is 11.9 Å². The first-order chi connectivity index (χ1) is 14.8. The standard InChI is InChI=1S/C24H43O7PSi/c1-22(2,3)30-32(25,31-23(4,5)6)28-17-27-20-13-12-18(21-16-26-21)14-19(20)15-29-33(10,11)24(7,8)9/h12-14,21H,15-17H2,1-11H3. The Morgan fingerprint density at radius 2 is 1.55 bits per heavy atom. The highest BCUT2D eigenvalue weighted by Gasteiger charge is 2.38. The Kier molecular flexibility index (Phi) is 8.72. The molecule has 0 N–H and O–H groups in total. The van der Waals surface area contributed by atoms with Gasteiger partial charge in [0.05, 0.1) is 24.4 Å². The Morgan fingerprint density at radius 3 is 2.00 bits per heavy atom. The summed E-state index contributed by atoms with van der Waals surface area (Å²) in [5.41, 5.74) is 0.568. The van der Waals surface area contributed by atoms with Crippen LogP contribution in [-0.4, -0.2) is 32.9 Å². The molecule has 1 aliphatic rings. The average Bonchev–Trinajstić information content (AvgIpc) is 3.41. The molecule has 0 saturated carbocycles. The van der Waals surface area contributed by atoms with Crippen LogP contribution in [0, 0.1) is 0 Å². The molecule has 190 valence electrons. The molecule has 0 spiro atoms. The molecular formula is C24H43O7PSi. The minimum Gasteiger partial charge on any atom is -0.467 e. The van der Waals surface area contributed by atoms with Gasteiger partial charge < -0.3 is 13.9 Å². The van der Waals surface area contributed by atoms with E-state index in [1.54, 1.807) is 41.5 Å². The number of hydrogen-bond acceptors (Lipinski definition) is 7. The van der Waals surface area contributed by atoms with Gasteiger partial charge in [0.25, 0.3) is 0 Å². The maximum Gasteiger partial charge on any atom is 0.478 e. The summed E-state index contributed by atoms with van der Waals surface area (Å²) in [6.45, 7) is 22.7. The van der Waals surface area contributed by atoms with E-state index in [2.05, 4.69) is 39.9 Å². The molecule has 1 saturated heterocycles. The van der Waals surface area contributed by atoms with Crippen LogP contribution in [0.3, 0.4) is 0 Å². The summed E-state index contributed by atoms with van der Waals surface area (Å²) in [4.78, 5) is 0. The zero-order valence-corrected chi connectivity index (χ0v) is 24.1. The minimum atomic E-state index is -3.86. The lowest BCUT2D eigenvalue weighted by Gasteiger charge is -2.36. The maximum absolute atomic E-state index is 13.3. The predicted molar refractivity (Wildman–Crippen MR) is 133 cm³/mol. The van der Waals surface area contributed by atoms with Crippen LogP contribution in [0.15, 0.2) is 18.2 Å². The van der Waals surface area contributed by atoms with Gasteiger partial charge in [-0.1, -0.05) is 26.8 Å². The lowest BCUT2D eigenvalue weighted by atomic mass is 10.1. The third-order valence-corrected chi connectivity index (χ3v) is 11.8. The first kappa shape index (κ1) is 28.5. The fourth-order valence-corrected chi connectivity index (χ4v) is 5.28. The van der Waals surface area contributed by atoms with Crippen LogP contribution in [0.2, 0.25) is 18.1 Å². The number of ether oxygens (including phenoxy) is 2. The topological polar surface area (TPSA) is 75.8 Å². The molecule has 0 radical (unpaired) electrons. The molecule has 0 aromatic heterocycles. The Bertz CT molecular complexity index is 826. The lowest BCUT2D eigenvalue weighted by molar-refractivity contribution is -0.0191. The first-order valence-electron chi connectivity index (χ1n) is 11.5. The molecule has 1 aromatic rings. The van der Waals surface area contributed by atoms with Gasteiger partial charge in [-0.3, -0.25) is 9.05 Å². The monoisotopic (exact) mass is 502 g/mol. The Morgan fingerprint density at radius 1 is 1.00 bits per heavy atom. The Labute approximate surface area is 201 Å². The van der Waals surface area contributed by atoms with E-state index in [-0.39, 0.29) is 17.9 Å². The third kappa shape index (κ3) is 9.44. The molecule has 1 heterocycles. The molecule has 1 aliphatic heterocycles. The van der Waals surface area contributed by atoms with Gasteiger partial charge in [0.15, 0.2) is 15.1 Å². The minimum absolute atomic E-state index is 0.0928. The van der Waals surface area contributed by atoms with Gasteiger partial charge >= 0.3 is 7.82 Å². The molecule has 0 aliphatic carbocycles. The number of epoxide rings is 1. The lowest BCUT2D eigenvalue weighted by Crippen LogP contribution is -2.40. The van der Waals surface area contributed by atoms with Crippen molar-refractivity contribution in [1.82, 2.24) is 0 Å². The van der Waals surface area contributed by atoms with Crippen molar-refractivity contribution < 1.29 is 32.0 Å². The van der Waals surface area contributed by atoms with E-state index in [0.717, 1.165) is 17.7 Å². The molecule has 1 unspecified atom stereocenters. The predicted octanol–water partition coefficient (Wildman–Crippen LogP) is 7.37. The van der Waals surface area contributed by atoms with E-state index in [1.165, 1.54) is 0 Å². The molecule has 9 heteroatoms. The summed E-state index contributed by atoms with van der Waals surface area (Å²) in [7, 11) is -5.82. The Balaban J connectivity index is 2.16. The van der Waals surface area contributed by atoms with E-state index in [4.69, 9.17) is 27.5 Å². The first-order valence-corrected chi connectivity index (χ1v) is 15.8. The number of phosphoric ester groups is 1. The second kappa shape index (κ2) is 10.1. The van der Waals surface area contributed by atoms with Gasteiger partial charge in [-0.05, 0) is 77.4 Å². The summed E-state index contributed by atoms with van der Waals surface area (Å²) < 4.78 is 47.9. The molecular weight excluding hydrogens is 459 g/mol. The van der Waals surface area contributed by atoms with Crippen molar-refractivity contribution in [3.05, 3.63) is 29.3 Å². The third-order valence-electron chi connectivity index (χ3n) is 5.38. The zero-order chi connectivity index (χ0) is 25.3. The summed E-state index contributed by atoms with van der Waals surface area (Å²) in [5, 5.41) is 0.0928. The molecule has 1 fully saturated rings. The average molecular weight is 503 g/mol. The van der Waals surface area contributed by atoms with Crippen molar-refractivity contribution in [2.45, 2.75) is 104 Å². The van der Waals surface area contributed by atoms with Crippen LogP contribution in [0.4, 0.5) is 0 Å². The van der Waals surface area contributed by atoms with E-state index in [0.29, 0.717) is 12.4 Å². The molecule has 1 atom stereocenters. The van der Waals surface area contributed by atoms with Crippen molar-refractivity contribution in [1.29, 1.82) is 0 Å². The number of phosphoric acid groups is 1. The maximum atomic E-state index is 13.3. The van der Waals surface area contributed by atoms with Crippen LogP contribution in [0.5, 0.6) is 5.75 Å². The van der Waals surface area contributed by atoms with Crippen LogP contribution >= 0.6 is 7.82 Å². The van der Waals surface area contributed by atoms with Crippen LogP contribution in [-0.2, 0) is 33.9 Å². The van der Waals surface area contributed by atoms with Crippen molar-refractivity contribution in [2.24, 2.45) is 0 Å². The molecule has 2 rings (SSSR count). The molecule has 33 heavy (non-hydrogen) atoms. The van der Waals surface area contributed by atoms with Crippen molar-refractivity contribution in [2.75, 3.05) is 13.4 Å². The van der Waals surface area contributed by atoms with Gasteiger partial charge in [0.2, 0.25) is 0 Å². The van der Waals surface area contributed by atoms with Crippen LogP contribution in [0.25, 0.3) is 0 Å². The van der Waals surface area contributed by atoms with Gasteiger partial charge in [-0.2, -0.15) is 0 Å². The Hall–Kier alpha value is -0.733. The SMILES string of the molecule is CC(C)(C)OP(=O)(OCOc1ccc(C2CO2)cc1CO[Si](C)(C)C(C)(C)C)OC(C)(C)C. The second-order valence-electron chi connectivity index (χ2n) is 12.0. The van der Waals surface area contributed by atoms with Gasteiger partial charge in [-0.25, -0.2) is 9.09 Å². The highest BCUT2D eigenvalue weighted by Crippen LogP contribution is 2.55. The van der Waals surface area contributed by atoms with E-state index >= 15 is 0 Å². The molecule has 1 aromatic carbocycles. The summed E-state index contributed by atoms with van der Waals surface area (Å²) in [6, 6.07) is 5.90. The van der Waals surface area contributed by atoms with Crippen LogP contribution in [0.1, 0.15) is 79.5 Å². The smallest absolute Gasteiger partial charge is 0.467 e. The molecule has 0 bridgehead atoms. The summed E-state index contributed by atoms with van der Waals surface area (Å²) in [6.07, 6.45) is 0.127. The fourth-order valence-electron chi connectivity index (χ4n) is 2.67. The number of benzene rings is 1. The van der Waals surface area contributed by atoms with Gasteiger partial charge in [-0.15, -0.1) is 0 Å². The largest absolute Gasteiger partial charge is 0.478 e. The highest BCUT2D eigenvalue weighted by atomic mass is 31.2. The molecule has 7 nitrogen and oxygen atoms in total. The van der Waals surface area contributed by atoms with Crippen molar-refractivity contribution in [3.8, 4) is 5.75 Å². The zero-order valence-electron chi connectivity index (χ0n) is 22.2. The fraction of sp³-hybridized carbons (Fsp3) is 0.750. The van der Waals surface area contributed by atoms with E-state index < -0.39 is 27.3 Å². The van der Waals surface area contributed by atoms with Gasteiger partial charge in [0, 0.05) is 5.56 Å².